The van der Waals surface area contributed by atoms with Crippen molar-refractivity contribution in [2.75, 3.05) is 20.2 Å². The number of benzene rings is 1. The molecule has 120 valence electrons. The van der Waals surface area contributed by atoms with Crippen LogP contribution >= 0.6 is 11.3 Å². The summed E-state index contributed by atoms with van der Waals surface area (Å²) in [6.07, 6.45) is 0. The molecule has 1 amide bonds. The van der Waals surface area contributed by atoms with Crippen LogP contribution in [0.25, 0.3) is 0 Å². The van der Waals surface area contributed by atoms with E-state index in [0.29, 0.717) is 17.2 Å². The fourth-order valence-corrected chi connectivity index (χ4v) is 3.77. The number of carboxylic acids is 1. The van der Waals surface area contributed by atoms with Gasteiger partial charge in [0, 0.05) is 30.5 Å². The lowest BCUT2D eigenvalue weighted by atomic mass is 9.89. The van der Waals surface area contributed by atoms with Gasteiger partial charge in [-0.25, -0.2) is 0 Å². The monoisotopic (exact) mass is 331 g/mol. The Morgan fingerprint density at radius 3 is 2.61 bits per heavy atom. The average Bonchev–Trinajstić information content (AvgIpc) is 3.22. The predicted octanol–water partition coefficient (Wildman–Crippen LogP) is 2.70. The fraction of sp³-hybridized carbons (Fsp3) is 0.294. The smallest absolute Gasteiger partial charge is 0.308 e. The third-order valence-corrected chi connectivity index (χ3v) is 5.07. The van der Waals surface area contributed by atoms with Gasteiger partial charge in [0.1, 0.15) is 5.75 Å². The van der Waals surface area contributed by atoms with Gasteiger partial charge >= 0.3 is 5.97 Å². The van der Waals surface area contributed by atoms with Crippen molar-refractivity contribution in [3.63, 3.8) is 0 Å². The number of rotatable bonds is 4. The number of thiophene rings is 1. The van der Waals surface area contributed by atoms with Gasteiger partial charge in [-0.05, 0) is 5.56 Å². The van der Waals surface area contributed by atoms with Crippen molar-refractivity contribution >= 4 is 23.2 Å². The largest absolute Gasteiger partial charge is 0.496 e. The summed E-state index contributed by atoms with van der Waals surface area (Å²) in [5.41, 5.74) is 0.957. The molecule has 1 aromatic carbocycles. The number of aliphatic carboxylic acids is 1. The van der Waals surface area contributed by atoms with Crippen LogP contribution in [0.3, 0.4) is 0 Å². The number of hydrogen-bond acceptors (Lipinski definition) is 4. The molecule has 2 aromatic rings. The molecule has 1 saturated heterocycles. The third-order valence-electron chi connectivity index (χ3n) is 4.17. The van der Waals surface area contributed by atoms with Gasteiger partial charge in [-0.15, -0.1) is 11.3 Å². The molecule has 6 heteroatoms. The summed E-state index contributed by atoms with van der Waals surface area (Å²) in [6.45, 7) is 0.647. The van der Waals surface area contributed by atoms with Crippen molar-refractivity contribution in [3.8, 4) is 5.75 Å². The standard InChI is InChI=1S/C17H17NO4S/c1-22-12-7-15(23-10-12)16(19)18-8-13(14(9-18)17(20)21)11-5-3-2-4-6-11/h2-7,10,13-14H,8-9H2,1H3,(H,20,21). The molecular formula is C17H17NO4S. The first-order valence-corrected chi connectivity index (χ1v) is 8.17. The molecule has 0 bridgehead atoms. The number of carboxylic acid groups (broad SMARTS) is 1. The first kappa shape index (κ1) is 15.6. The minimum Gasteiger partial charge on any atom is -0.496 e. The zero-order chi connectivity index (χ0) is 16.4. The fourth-order valence-electron chi connectivity index (χ4n) is 2.95. The molecule has 1 N–H and O–H groups in total. The number of carbonyl (C=O) groups excluding carboxylic acids is 1. The number of carbonyl (C=O) groups is 2. The molecule has 0 spiro atoms. The van der Waals surface area contributed by atoms with Gasteiger partial charge in [0.25, 0.3) is 5.91 Å². The molecule has 0 saturated carbocycles. The summed E-state index contributed by atoms with van der Waals surface area (Å²) in [5.74, 6) is -1.12. The summed E-state index contributed by atoms with van der Waals surface area (Å²) < 4.78 is 5.10. The Balaban J connectivity index is 1.82. The molecule has 2 unspecified atom stereocenters. The zero-order valence-corrected chi connectivity index (χ0v) is 13.5. The topological polar surface area (TPSA) is 66.8 Å². The molecule has 3 rings (SSSR count). The molecule has 1 aliphatic heterocycles. The van der Waals surface area contributed by atoms with E-state index in [1.807, 2.05) is 30.3 Å². The molecule has 2 heterocycles. The SMILES string of the molecule is COc1csc(C(=O)N2CC(C(=O)O)C(c3ccccc3)C2)c1. The number of likely N-dealkylation sites (tertiary alicyclic amines) is 1. The minimum absolute atomic E-state index is 0.136. The van der Waals surface area contributed by atoms with E-state index in [9.17, 15) is 14.7 Å². The summed E-state index contributed by atoms with van der Waals surface area (Å²) in [5, 5.41) is 11.3. The first-order chi connectivity index (χ1) is 11.1. The lowest BCUT2D eigenvalue weighted by Crippen LogP contribution is -2.29. The summed E-state index contributed by atoms with van der Waals surface area (Å²) in [6, 6.07) is 11.2. The van der Waals surface area contributed by atoms with E-state index >= 15 is 0 Å². The molecular weight excluding hydrogens is 314 g/mol. The number of nitrogens with zero attached hydrogens (tertiary/aromatic N) is 1. The van der Waals surface area contributed by atoms with Crippen molar-refractivity contribution < 1.29 is 19.4 Å². The van der Waals surface area contributed by atoms with Gasteiger partial charge in [0.2, 0.25) is 0 Å². The van der Waals surface area contributed by atoms with Gasteiger partial charge in [-0.1, -0.05) is 30.3 Å². The summed E-state index contributed by atoms with van der Waals surface area (Å²) >= 11 is 1.31. The van der Waals surface area contributed by atoms with Gasteiger partial charge in [-0.3, -0.25) is 9.59 Å². The Morgan fingerprint density at radius 1 is 1.26 bits per heavy atom. The highest BCUT2D eigenvalue weighted by atomic mass is 32.1. The molecule has 0 radical (unpaired) electrons. The van der Waals surface area contributed by atoms with Crippen LogP contribution in [0.5, 0.6) is 5.75 Å². The van der Waals surface area contributed by atoms with Crippen molar-refractivity contribution in [3.05, 3.63) is 52.2 Å². The molecule has 1 fully saturated rings. The van der Waals surface area contributed by atoms with Gasteiger partial charge < -0.3 is 14.7 Å². The second kappa shape index (κ2) is 6.42. The molecule has 1 aliphatic rings. The maximum Gasteiger partial charge on any atom is 0.308 e. The van der Waals surface area contributed by atoms with E-state index in [1.165, 1.54) is 11.3 Å². The lowest BCUT2D eigenvalue weighted by Gasteiger charge is -2.15. The highest BCUT2D eigenvalue weighted by molar-refractivity contribution is 7.12. The molecule has 1 aromatic heterocycles. The van der Waals surface area contributed by atoms with E-state index in [2.05, 4.69) is 0 Å². The van der Waals surface area contributed by atoms with Crippen LogP contribution < -0.4 is 4.74 Å². The maximum absolute atomic E-state index is 12.6. The van der Waals surface area contributed by atoms with Crippen molar-refractivity contribution in [2.45, 2.75) is 5.92 Å². The Bertz CT molecular complexity index is 712. The molecule has 5 nitrogen and oxygen atoms in total. The van der Waals surface area contributed by atoms with E-state index in [1.54, 1.807) is 23.5 Å². The van der Waals surface area contributed by atoms with Crippen LogP contribution in [0, 0.1) is 5.92 Å². The molecule has 0 aliphatic carbocycles. The van der Waals surface area contributed by atoms with E-state index in [0.717, 1.165) is 5.56 Å². The Morgan fingerprint density at radius 2 is 2.00 bits per heavy atom. The van der Waals surface area contributed by atoms with E-state index < -0.39 is 11.9 Å². The van der Waals surface area contributed by atoms with Gasteiger partial charge in [0.15, 0.2) is 0 Å². The number of ether oxygens (including phenoxy) is 1. The number of hydrogen-bond donors (Lipinski definition) is 1. The predicted molar refractivity (Wildman–Crippen MR) is 87.1 cm³/mol. The highest BCUT2D eigenvalue weighted by Crippen LogP contribution is 2.34. The maximum atomic E-state index is 12.6. The van der Waals surface area contributed by atoms with Crippen LogP contribution in [-0.4, -0.2) is 42.1 Å². The lowest BCUT2D eigenvalue weighted by molar-refractivity contribution is -0.141. The average molecular weight is 331 g/mol. The van der Waals surface area contributed by atoms with Crippen molar-refractivity contribution in [1.29, 1.82) is 0 Å². The van der Waals surface area contributed by atoms with Crippen LogP contribution in [0.4, 0.5) is 0 Å². The Labute approximate surface area is 138 Å². The first-order valence-electron chi connectivity index (χ1n) is 7.29. The van der Waals surface area contributed by atoms with Crippen molar-refractivity contribution in [2.24, 2.45) is 5.92 Å². The van der Waals surface area contributed by atoms with Gasteiger partial charge in [0.05, 0.1) is 17.9 Å². The highest BCUT2D eigenvalue weighted by Gasteiger charge is 2.40. The molecule has 23 heavy (non-hydrogen) atoms. The van der Waals surface area contributed by atoms with Crippen LogP contribution in [0.2, 0.25) is 0 Å². The van der Waals surface area contributed by atoms with Crippen LogP contribution in [0.1, 0.15) is 21.2 Å². The number of methoxy groups -OCH3 is 1. The van der Waals surface area contributed by atoms with Crippen LogP contribution in [-0.2, 0) is 4.79 Å². The van der Waals surface area contributed by atoms with Crippen LogP contribution in [0.15, 0.2) is 41.8 Å². The minimum atomic E-state index is -0.863. The second-order valence-corrected chi connectivity index (χ2v) is 6.43. The second-order valence-electron chi connectivity index (χ2n) is 5.52. The summed E-state index contributed by atoms with van der Waals surface area (Å²) in [7, 11) is 1.55. The third kappa shape index (κ3) is 3.07. The normalized spacial score (nSPS) is 20.5. The number of amides is 1. The van der Waals surface area contributed by atoms with E-state index in [-0.39, 0.29) is 18.4 Å². The Hall–Kier alpha value is -2.34. The quantitative estimate of drug-likeness (QED) is 0.935. The summed E-state index contributed by atoms with van der Waals surface area (Å²) in [4.78, 5) is 26.4. The van der Waals surface area contributed by atoms with E-state index in [4.69, 9.17) is 4.74 Å². The molecule has 2 atom stereocenters. The zero-order valence-electron chi connectivity index (χ0n) is 12.6. The Kier molecular flexibility index (Phi) is 4.34. The van der Waals surface area contributed by atoms with Crippen molar-refractivity contribution in [1.82, 2.24) is 4.90 Å². The van der Waals surface area contributed by atoms with Gasteiger partial charge in [-0.2, -0.15) is 0 Å².